The minimum absolute atomic E-state index is 0.190. The van der Waals surface area contributed by atoms with Crippen molar-refractivity contribution in [3.8, 4) is 5.75 Å². The molecule has 0 unspecified atom stereocenters. The van der Waals surface area contributed by atoms with Gasteiger partial charge in [0.2, 0.25) is 10.0 Å². The highest BCUT2D eigenvalue weighted by Crippen LogP contribution is 2.28. The second kappa shape index (κ2) is 6.36. The van der Waals surface area contributed by atoms with Crippen molar-refractivity contribution in [2.24, 2.45) is 0 Å². The topological polar surface area (TPSA) is 78.4 Å². The standard InChI is InChI=1S/C14H15BrN2O3S/c1-21(19,20)17-12-6-3-5-11(8-12)16-9-10-4-2-7-13(15)14(10)18/h2-8,16-18H,9H2,1H3. The predicted octanol–water partition coefficient (Wildman–Crippen LogP) is 3.14. The molecule has 2 rings (SSSR count). The zero-order valence-electron chi connectivity index (χ0n) is 11.3. The SMILES string of the molecule is CS(=O)(=O)Nc1cccc(NCc2cccc(Br)c2O)c1. The number of hydrogen-bond donors (Lipinski definition) is 3. The summed E-state index contributed by atoms with van der Waals surface area (Å²) in [5.74, 6) is 0.190. The van der Waals surface area contributed by atoms with Crippen molar-refractivity contribution >= 4 is 37.3 Å². The fraction of sp³-hybridized carbons (Fsp3) is 0.143. The number of rotatable bonds is 5. The third-order valence-electron chi connectivity index (χ3n) is 2.72. The molecule has 0 saturated carbocycles. The van der Waals surface area contributed by atoms with Crippen molar-refractivity contribution in [1.82, 2.24) is 0 Å². The summed E-state index contributed by atoms with van der Waals surface area (Å²) in [4.78, 5) is 0. The fourth-order valence-corrected chi connectivity index (χ4v) is 2.77. The van der Waals surface area contributed by atoms with E-state index >= 15 is 0 Å². The largest absolute Gasteiger partial charge is 0.506 e. The first-order valence-electron chi connectivity index (χ1n) is 6.13. The third-order valence-corrected chi connectivity index (χ3v) is 3.97. The molecule has 0 heterocycles. The van der Waals surface area contributed by atoms with E-state index in [2.05, 4.69) is 26.0 Å². The summed E-state index contributed by atoms with van der Waals surface area (Å²) in [6, 6.07) is 12.3. The Labute approximate surface area is 132 Å². The Kier molecular flexibility index (Phi) is 4.74. The van der Waals surface area contributed by atoms with Crippen molar-refractivity contribution < 1.29 is 13.5 Å². The van der Waals surface area contributed by atoms with Crippen molar-refractivity contribution in [1.29, 1.82) is 0 Å². The zero-order valence-corrected chi connectivity index (χ0v) is 13.7. The molecular weight excluding hydrogens is 356 g/mol. The van der Waals surface area contributed by atoms with Crippen molar-refractivity contribution in [2.45, 2.75) is 6.54 Å². The predicted molar refractivity (Wildman–Crippen MR) is 88.0 cm³/mol. The Morgan fingerprint density at radius 2 is 1.81 bits per heavy atom. The van der Waals surface area contributed by atoms with Crippen LogP contribution in [0.25, 0.3) is 0 Å². The molecule has 0 radical (unpaired) electrons. The lowest BCUT2D eigenvalue weighted by molar-refractivity contribution is 0.465. The van der Waals surface area contributed by atoms with E-state index in [1.165, 1.54) is 0 Å². The minimum Gasteiger partial charge on any atom is -0.506 e. The van der Waals surface area contributed by atoms with Gasteiger partial charge in [-0.1, -0.05) is 18.2 Å². The Morgan fingerprint density at radius 3 is 2.52 bits per heavy atom. The van der Waals surface area contributed by atoms with E-state index in [0.29, 0.717) is 16.7 Å². The maximum absolute atomic E-state index is 11.2. The molecule has 0 aromatic heterocycles. The van der Waals surface area contributed by atoms with Gasteiger partial charge in [0.1, 0.15) is 5.75 Å². The maximum Gasteiger partial charge on any atom is 0.229 e. The summed E-state index contributed by atoms with van der Waals surface area (Å²) in [6.07, 6.45) is 1.10. The molecule has 21 heavy (non-hydrogen) atoms. The number of para-hydroxylation sites is 1. The summed E-state index contributed by atoms with van der Waals surface area (Å²) in [5.41, 5.74) is 1.98. The number of sulfonamides is 1. The van der Waals surface area contributed by atoms with Crippen LogP contribution in [0.2, 0.25) is 0 Å². The van der Waals surface area contributed by atoms with Crippen LogP contribution in [0, 0.1) is 0 Å². The van der Waals surface area contributed by atoms with Gasteiger partial charge in [-0.15, -0.1) is 0 Å². The molecule has 0 spiro atoms. The first kappa shape index (κ1) is 15.7. The molecule has 0 fully saturated rings. The molecule has 0 saturated heterocycles. The lowest BCUT2D eigenvalue weighted by atomic mass is 10.2. The lowest BCUT2D eigenvalue weighted by Gasteiger charge is -2.11. The number of aromatic hydroxyl groups is 1. The molecule has 0 aliphatic rings. The average molecular weight is 371 g/mol. The molecule has 7 heteroatoms. The summed E-state index contributed by atoms with van der Waals surface area (Å²) in [6.45, 7) is 0.424. The van der Waals surface area contributed by atoms with Gasteiger partial charge >= 0.3 is 0 Å². The van der Waals surface area contributed by atoms with Crippen LogP contribution in [0.15, 0.2) is 46.9 Å². The number of halogens is 1. The van der Waals surface area contributed by atoms with Crippen LogP contribution in [0.4, 0.5) is 11.4 Å². The molecule has 0 aliphatic heterocycles. The van der Waals surface area contributed by atoms with Crippen LogP contribution >= 0.6 is 15.9 Å². The quantitative estimate of drug-likeness (QED) is 0.755. The number of nitrogens with one attached hydrogen (secondary N) is 2. The molecule has 0 atom stereocenters. The van der Waals surface area contributed by atoms with E-state index in [0.717, 1.165) is 17.5 Å². The van der Waals surface area contributed by atoms with Gasteiger partial charge in [0.15, 0.2) is 0 Å². The van der Waals surface area contributed by atoms with Crippen molar-refractivity contribution in [3.05, 3.63) is 52.5 Å². The van der Waals surface area contributed by atoms with E-state index in [1.807, 2.05) is 18.2 Å². The highest BCUT2D eigenvalue weighted by Gasteiger charge is 2.05. The van der Waals surface area contributed by atoms with E-state index in [9.17, 15) is 13.5 Å². The molecule has 2 aromatic carbocycles. The molecule has 3 N–H and O–H groups in total. The number of anilines is 2. The first-order chi connectivity index (χ1) is 9.85. The maximum atomic E-state index is 11.2. The third kappa shape index (κ3) is 4.64. The van der Waals surface area contributed by atoms with Gasteiger partial charge in [-0.25, -0.2) is 8.42 Å². The second-order valence-corrected chi connectivity index (χ2v) is 7.16. The zero-order chi connectivity index (χ0) is 15.5. The molecule has 0 aliphatic carbocycles. The molecular formula is C14H15BrN2O3S. The van der Waals surface area contributed by atoms with Gasteiger partial charge in [-0.2, -0.15) is 0 Å². The van der Waals surface area contributed by atoms with E-state index in [1.54, 1.807) is 24.3 Å². The fourth-order valence-electron chi connectivity index (χ4n) is 1.81. The van der Waals surface area contributed by atoms with Gasteiger partial charge in [-0.05, 0) is 40.2 Å². The van der Waals surface area contributed by atoms with Crippen molar-refractivity contribution in [3.63, 3.8) is 0 Å². The Bertz CT molecular complexity index is 748. The monoisotopic (exact) mass is 370 g/mol. The summed E-state index contributed by atoms with van der Waals surface area (Å²) in [5, 5.41) is 13.0. The van der Waals surface area contributed by atoms with Gasteiger partial charge in [0.05, 0.1) is 16.4 Å². The highest BCUT2D eigenvalue weighted by atomic mass is 79.9. The summed E-state index contributed by atoms with van der Waals surface area (Å²) in [7, 11) is -3.30. The van der Waals surface area contributed by atoms with Gasteiger partial charge in [0, 0.05) is 17.8 Å². The van der Waals surface area contributed by atoms with Gasteiger partial charge in [0.25, 0.3) is 0 Å². The summed E-state index contributed by atoms with van der Waals surface area (Å²) < 4.78 is 25.5. The van der Waals surface area contributed by atoms with Crippen LogP contribution < -0.4 is 10.0 Å². The molecule has 112 valence electrons. The van der Waals surface area contributed by atoms with E-state index in [-0.39, 0.29) is 5.75 Å². The minimum atomic E-state index is -3.30. The Morgan fingerprint density at radius 1 is 1.14 bits per heavy atom. The number of phenols is 1. The normalized spacial score (nSPS) is 11.1. The first-order valence-corrected chi connectivity index (χ1v) is 8.82. The summed E-state index contributed by atoms with van der Waals surface area (Å²) >= 11 is 3.26. The molecule has 5 nitrogen and oxygen atoms in total. The molecule has 0 bridgehead atoms. The van der Waals surface area contributed by atoms with Crippen molar-refractivity contribution in [2.75, 3.05) is 16.3 Å². The second-order valence-electron chi connectivity index (χ2n) is 4.56. The Balaban J connectivity index is 2.10. The van der Waals surface area contributed by atoms with E-state index < -0.39 is 10.0 Å². The molecule has 0 amide bonds. The highest BCUT2D eigenvalue weighted by molar-refractivity contribution is 9.10. The van der Waals surface area contributed by atoms with Crippen LogP contribution in [-0.2, 0) is 16.6 Å². The van der Waals surface area contributed by atoms with Crippen LogP contribution in [0.1, 0.15) is 5.56 Å². The van der Waals surface area contributed by atoms with Gasteiger partial charge in [-0.3, -0.25) is 4.72 Å². The molecule has 2 aromatic rings. The van der Waals surface area contributed by atoms with E-state index in [4.69, 9.17) is 0 Å². The number of benzene rings is 2. The number of hydrogen-bond acceptors (Lipinski definition) is 4. The average Bonchev–Trinajstić information content (AvgIpc) is 2.39. The Hall–Kier alpha value is -1.73. The smallest absolute Gasteiger partial charge is 0.229 e. The van der Waals surface area contributed by atoms with Crippen LogP contribution in [-0.4, -0.2) is 19.8 Å². The number of phenolic OH excluding ortho intramolecular Hbond substituents is 1. The lowest BCUT2D eigenvalue weighted by Crippen LogP contribution is -2.09. The van der Waals surface area contributed by atoms with Crippen LogP contribution in [0.3, 0.4) is 0 Å². The van der Waals surface area contributed by atoms with Crippen LogP contribution in [0.5, 0.6) is 5.75 Å². The van der Waals surface area contributed by atoms with Gasteiger partial charge < -0.3 is 10.4 Å².